The van der Waals surface area contributed by atoms with Crippen molar-refractivity contribution < 1.29 is 19.4 Å². The molecule has 1 fully saturated rings. The molecule has 1 unspecified atom stereocenters. The van der Waals surface area contributed by atoms with Crippen LogP contribution in [0, 0.1) is 0 Å². The van der Waals surface area contributed by atoms with Gasteiger partial charge in [-0.05, 0) is 44.0 Å². The summed E-state index contributed by atoms with van der Waals surface area (Å²) in [7, 11) is 0. The SMILES string of the molecule is CC(C)(O)COc1cccc(CN2CCC(C)(c3ccccc3)OC2=O)c1. The van der Waals surface area contributed by atoms with Gasteiger partial charge in [-0.3, -0.25) is 0 Å². The van der Waals surface area contributed by atoms with E-state index in [0.29, 0.717) is 18.8 Å². The molecule has 0 radical (unpaired) electrons. The third-order valence-electron chi connectivity index (χ3n) is 4.68. The molecule has 2 aromatic rings. The highest BCUT2D eigenvalue weighted by molar-refractivity contribution is 5.69. The number of hydrogen-bond donors (Lipinski definition) is 1. The van der Waals surface area contributed by atoms with Crippen LogP contribution in [0.2, 0.25) is 0 Å². The van der Waals surface area contributed by atoms with E-state index in [2.05, 4.69) is 0 Å². The first-order valence-electron chi connectivity index (χ1n) is 9.23. The topological polar surface area (TPSA) is 59.0 Å². The Bertz CT molecular complexity index is 784. The Morgan fingerprint density at radius 3 is 2.59 bits per heavy atom. The summed E-state index contributed by atoms with van der Waals surface area (Å²) in [5.74, 6) is 0.675. The second-order valence-corrected chi connectivity index (χ2v) is 7.88. The minimum absolute atomic E-state index is 0.206. The zero-order chi connectivity index (χ0) is 19.5. The van der Waals surface area contributed by atoms with Crippen molar-refractivity contribution >= 4 is 6.09 Å². The Morgan fingerprint density at radius 1 is 1.19 bits per heavy atom. The third kappa shape index (κ3) is 5.01. The molecular weight excluding hydrogens is 342 g/mol. The number of carbonyl (C=O) groups is 1. The van der Waals surface area contributed by atoms with Crippen LogP contribution in [0.3, 0.4) is 0 Å². The summed E-state index contributed by atoms with van der Waals surface area (Å²) >= 11 is 0. The molecule has 0 spiro atoms. The number of carbonyl (C=O) groups excluding carboxylic acids is 1. The largest absolute Gasteiger partial charge is 0.491 e. The molecule has 27 heavy (non-hydrogen) atoms. The number of hydrogen-bond acceptors (Lipinski definition) is 4. The van der Waals surface area contributed by atoms with Gasteiger partial charge >= 0.3 is 6.09 Å². The van der Waals surface area contributed by atoms with E-state index in [-0.39, 0.29) is 12.7 Å². The van der Waals surface area contributed by atoms with Crippen LogP contribution >= 0.6 is 0 Å². The smallest absolute Gasteiger partial charge is 0.410 e. The molecule has 0 bridgehead atoms. The molecule has 1 aliphatic rings. The predicted octanol–water partition coefficient (Wildman–Crippen LogP) is 4.09. The van der Waals surface area contributed by atoms with E-state index >= 15 is 0 Å². The molecule has 1 amide bonds. The average molecular weight is 369 g/mol. The molecule has 144 valence electrons. The lowest BCUT2D eigenvalue weighted by atomic mass is 9.91. The highest BCUT2D eigenvalue weighted by atomic mass is 16.6. The van der Waals surface area contributed by atoms with Crippen LogP contribution in [0.4, 0.5) is 4.79 Å². The molecule has 1 heterocycles. The Balaban J connectivity index is 1.63. The molecule has 0 aromatic heterocycles. The first-order valence-corrected chi connectivity index (χ1v) is 9.23. The summed E-state index contributed by atoms with van der Waals surface area (Å²) in [6.07, 6.45) is 0.424. The van der Waals surface area contributed by atoms with E-state index in [0.717, 1.165) is 17.5 Å². The van der Waals surface area contributed by atoms with Gasteiger partial charge in [-0.25, -0.2) is 4.79 Å². The maximum absolute atomic E-state index is 12.6. The molecule has 1 saturated heterocycles. The van der Waals surface area contributed by atoms with Crippen molar-refractivity contribution in [1.29, 1.82) is 0 Å². The van der Waals surface area contributed by atoms with Gasteiger partial charge in [-0.1, -0.05) is 42.5 Å². The lowest BCUT2D eigenvalue weighted by Crippen LogP contribution is -2.46. The minimum Gasteiger partial charge on any atom is -0.491 e. The van der Waals surface area contributed by atoms with Crippen molar-refractivity contribution in [3.8, 4) is 5.75 Å². The van der Waals surface area contributed by atoms with Gasteiger partial charge in [0, 0.05) is 19.5 Å². The van der Waals surface area contributed by atoms with Crippen LogP contribution in [0.15, 0.2) is 54.6 Å². The third-order valence-corrected chi connectivity index (χ3v) is 4.68. The van der Waals surface area contributed by atoms with E-state index in [4.69, 9.17) is 9.47 Å². The molecule has 3 rings (SSSR count). The van der Waals surface area contributed by atoms with Gasteiger partial charge in [0.1, 0.15) is 18.0 Å². The molecule has 1 N–H and O–H groups in total. The maximum atomic E-state index is 12.6. The van der Waals surface area contributed by atoms with Gasteiger partial charge in [0.15, 0.2) is 0 Å². The monoisotopic (exact) mass is 369 g/mol. The van der Waals surface area contributed by atoms with Crippen molar-refractivity contribution in [1.82, 2.24) is 4.90 Å². The highest BCUT2D eigenvalue weighted by Gasteiger charge is 2.38. The fourth-order valence-electron chi connectivity index (χ4n) is 3.10. The Labute approximate surface area is 160 Å². The van der Waals surface area contributed by atoms with Crippen LogP contribution < -0.4 is 4.74 Å². The minimum atomic E-state index is -0.894. The number of aliphatic hydroxyl groups is 1. The van der Waals surface area contributed by atoms with Crippen LogP contribution in [0.5, 0.6) is 5.75 Å². The van der Waals surface area contributed by atoms with Gasteiger partial charge in [0.05, 0.1) is 5.60 Å². The van der Waals surface area contributed by atoms with Crippen molar-refractivity contribution in [3.05, 3.63) is 65.7 Å². The predicted molar refractivity (Wildman–Crippen MR) is 104 cm³/mol. The number of nitrogens with zero attached hydrogens (tertiary/aromatic N) is 1. The summed E-state index contributed by atoms with van der Waals surface area (Å²) in [6, 6.07) is 17.4. The molecule has 0 saturated carbocycles. The summed E-state index contributed by atoms with van der Waals surface area (Å²) in [4.78, 5) is 14.3. The van der Waals surface area contributed by atoms with Gasteiger partial charge in [-0.15, -0.1) is 0 Å². The van der Waals surface area contributed by atoms with E-state index < -0.39 is 11.2 Å². The number of ether oxygens (including phenoxy) is 2. The summed E-state index contributed by atoms with van der Waals surface area (Å²) in [5.41, 5.74) is 0.490. The van der Waals surface area contributed by atoms with Gasteiger partial charge in [0.25, 0.3) is 0 Å². The normalized spacial score (nSPS) is 20.3. The molecular formula is C22H27NO4. The highest BCUT2D eigenvalue weighted by Crippen LogP contribution is 2.34. The van der Waals surface area contributed by atoms with Crippen molar-refractivity contribution in [2.45, 2.75) is 44.9 Å². The summed E-state index contributed by atoms with van der Waals surface area (Å²) < 4.78 is 11.4. The van der Waals surface area contributed by atoms with Gasteiger partial charge in [0.2, 0.25) is 0 Å². The molecule has 5 nitrogen and oxygen atoms in total. The van der Waals surface area contributed by atoms with Crippen LogP contribution in [-0.4, -0.2) is 34.9 Å². The van der Waals surface area contributed by atoms with Crippen molar-refractivity contribution in [2.75, 3.05) is 13.2 Å². The maximum Gasteiger partial charge on any atom is 0.410 e. The van der Waals surface area contributed by atoms with Crippen LogP contribution in [-0.2, 0) is 16.9 Å². The fourth-order valence-corrected chi connectivity index (χ4v) is 3.10. The fraction of sp³-hybridized carbons (Fsp3) is 0.409. The zero-order valence-electron chi connectivity index (χ0n) is 16.1. The van der Waals surface area contributed by atoms with Gasteiger partial charge < -0.3 is 19.5 Å². The lowest BCUT2D eigenvalue weighted by molar-refractivity contribution is -0.0427. The number of amides is 1. The average Bonchev–Trinajstić information content (AvgIpc) is 2.63. The van der Waals surface area contributed by atoms with E-state index in [9.17, 15) is 9.90 Å². The standard InChI is InChI=1S/C22H27NO4/c1-21(2,25)16-26-19-11-7-8-17(14-19)15-23-13-12-22(3,27-20(23)24)18-9-5-4-6-10-18/h4-11,14,25H,12-13,15-16H2,1-3H3. The Kier molecular flexibility index (Phi) is 5.42. The zero-order valence-corrected chi connectivity index (χ0v) is 16.1. The Hall–Kier alpha value is -2.53. The van der Waals surface area contributed by atoms with E-state index in [1.807, 2.05) is 61.5 Å². The number of benzene rings is 2. The van der Waals surface area contributed by atoms with Crippen molar-refractivity contribution in [2.24, 2.45) is 0 Å². The first kappa shape index (κ1) is 19.2. The second kappa shape index (κ2) is 7.61. The van der Waals surface area contributed by atoms with E-state index in [1.165, 1.54) is 0 Å². The van der Waals surface area contributed by atoms with E-state index in [1.54, 1.807) is 18.7 Å². The molecule has 1 aliphatic heterocycles. The van der Waals surface area contributed by atoms with Crippen LogP contribution in [0.1, 0.15) is 38.3 Å². The lowest BCUT2D eigenvalue weighted by Gasteiger charge is -2.39. The first-order chi connectivity index (χ1) is 12.8. The second-order valence-electron chi connectivity index (χ2n) is 7.88. The van der Waals surface area contributed by atoms with Crippen LogP contribution in [0.25, 0.3) is 0 Å². The number of cyclic esters (lactones) is 1. The van der Waals surface area contributed by atoms with Crippen molar-refractivity contribution in [3.63, 3.8) is 0 Å². The molecule has 2 aromatic carbocycles. The molecule has 5 heteroatoms. The quantitative estimate of drug-likeness (QED) is 0.833. The summed E-state index contributed by atoms with van der Waals surface area (Å²) in [6.45, 7) is 6.65. The number of rotatable bonds is 6. The molecule has 1 atom stereocenters. The molecule has 0 aliphatic carbocycles. The Morgan fingerprint density at radius 2 is 1.93 bits per heavy atom. The van der Waals surface area contributed by atoms with Gasteiger partial charge in [-0.2, -0.15) is 0 Å². The summed E-state index contributed by atoms with van der Waals surface area (Å²) in [5, 5.41) is 9.79.